The molecular weight excluding hydrogens is 300 g/mol. The quantitative estimate of drug-likeness (QED) is 0.569. The Balaban J connectivity index is 1.74. The number of anilines is 2. The van der Waals surface area contributed by atoms with Crippen molar-refractivity contribution in [2.24, 2.45) is 7.05 Å². The number of carbonyl (C=O) groups excluding carboxylic acids is 1. The third-order valence-corrected chi connectivity index (χ3v) is 3.18. The summed E-state index contributed by atoms with van der Waals surface area (Å²) in [5.41, 5.74) is 2.30. The van der Waals surface area contributed by atoms with Crippen molar-refractivity contribution < 1.29 is 9.72 Å². The molecule has 23 heavy (non-hydrogen) atoms. The highest BCUT2D eigenvalue weighted by Crippen LogP contribution is 2.19. The minimum Gasteiger partial charge on any atom is -0.308 e. The maximum atomic E-state index is 12.0. The van der Waals surface area contributed by atoms with Gasteiger partial charge in [-0.1, -0.05) is 11.3 Å². The van der Waals surface area contributed by atoms with Crippen molar-refractivity contribution in [3.05, 3.63) is 52.6 Å². The first-order valence-electron chi connectivity index (χ1n) is 6.65. The summed E-state index contributed by atoms with van der Waals surface area (Å²) in [5.74, 6) is 0. The van der Waals surface area contributed by atoms with Gasteiger partial charge in [-0.2, -0.15) is 0 Å². The van der Waals surface area contributed by atoms with Crippen molar-refractivity contribution in [2.75, 3.05) is 10.6 Å². The summed E-state index contributed by atoms with van der Waals surface area (Å²) in [6.07, 6.45) is 0. The first kappa shape index (κ1) is 14.4. The zero-order valence-electron chi connectivity index (χ0n) is 12.1. The van der Waals surface area contributed by atoms with Crippen molar-refractivity contribution in [2.45, 2.75) is 0 Å². The fourth-order valence-corrected chi connectivity index (χ4v) is 2.10. The molecule has 0 bridgehead atoms. The first-order chi connectivity index (χ1) is 11.0. The molecule has 0 saturated carbocycles. The lowest BCUT2D eigenvalue weighted by molar-refractivity contribution is -0.384. The molecule has 3 rings (SSSR count). The molecule has 2 aromatic carbocycles. The van der Waals surface area contributed by atoms with Crippen molar-refractivity contribution in [1.29, 1.82) is 0 Å². The van der Waals surface area contributed by atoms with E-state index >= 15 is 0 Å². The van der Waals surface area contributed by atoms with Gasteiger partial charge < -0.3 is 10.6 Å². The van der Waals surface area contributed by atoms with Gasteiger partial charge in [0.05, 0.1) is 10.4 Å². The van der Waals surface area contributed by atoms with Gasteiger partial charge in [-0.15, -0.1) is 5.10 Å². The number of nitrogens with zero attached hydrogens (tertiary/aromatic N) is 4. The molecule has 3 aromatic rings. The Labute approximate surface area is 130 Å². The fourth-order valence-electron chi connectivity index (χ4n) is 2.10. The van der Waals surface area contributed by atoms with Crippen LogP contribution in [0.3, 0.4) is 0 Å². The highest BCUT2D eigenvalue weighted by atomic mass is 16.6. The molecule has 116 valence electrons. The number of aryl methyl sites for hydroxylation is 1. The number of amides is 2. The van der Waals surface area contributed by atoms with Crippen LogP contribution in [0.1, 0.15) is 0 Å². The smallest absolute Gasteiger partial charge is 0.308 e. The van der Waals surface area contributed by atoms with E-state index in [1.807, 2.05) is 0 Å². The second-order valence-electron chi connectivity index (χ2n) is 4.80. The van der Waals surface area contributed by atoms with E-state index in [0.717, 1.165) is 11.0 Å². The number of non-ortho nitro benzene ring substituents is 1. The number of nitrogens with one attached hydrogen (secondary N) is 2. The predicted octanol–water partition coefficient (Wildman–Crippen LogP) is 2.52. The number of fused-ring (bicyclic) bond motifs is 1. The summed E-state index contributed by atoms with van der Waals surface area (Å²) in [4.78, 5) is 22.2. The largest absolute Gasteiger partial charge is 0.323 e. The van der Waals surface area contributed by atoms with Crippen molar-refractivity contribution in [3.8, 4) is 0 Å². The molecule has 1 heterocycles. The summed E-state index contributed by atoms with van der Waals surface area (Å²) < 4.78 is 1.60. The average Bonchev–Trinajstić information content (AvgIpc) is 2.88. The monoisotopic (exact) mass is 312 g/mol. The Kier molecular flexibility index (Phi) is 3.59. The predicted molar refractivity (Wildman–Crippen MR) is 84.2 cm³/mol. The van der Waals surface area contributed by atoms with E-state index in [0.29, 0.717) is 11.4 Å². The molecule has 0 aliphatic carbocycles. The third kappa shape index (κ3) is 3.07. The Morgan fingerprint density at radius 2 is 1.91 bits per heavy atom. The molecular formula is C14H12N6O3. The Hall–Kier alpha value is -3.49. The number of nitro benzene ring substituents is 1. The molecule has 2 amide bonds. The number of carbonyl (C=O) groups is 1. The summed E-state index contributed by atoms with van der Waals surface area (Å²) in [6, 6.07) is 10.4. The van der Waals surface area contributed by atoms with E-state index < -0.39 is 11.0 Å². The number of nitro groups is 1. The highest BCUT2D eigenvalue weighted by Gasteiger charge is 2.09. The highest BCUT2D eigenvalue weighted by molar-refractivity contribution is 6.00. The molecule has 0 atom stereocenters. The summed E-state index contributed by atoms with van der Waals surface area (Å²) in [5, 5.41) is 23.8. The molecule has 0 spiro atoms. The van der Waals surface area contributed by atoms with Crippen LogP contribution in [0.5, 0.6) is 0 Å². The maximum Gasteiger partial charge on any atom is 0.323 e. The van der Waals surface area contributed by atoms with Crippen molar-refractivity contribution >= 4 is 34.1 Å². The maximum absolute atomic E-state index is 12.0. The fraction of sp³-hybridized carbons (Fsp3) is 0.0714. The van der Waals surface area contributed by atoms with Gasteiger partial charge in [0.2, 0.25) is 0 Å². The number of urea groups is 1. The lowest BCUT2D eigenvalue weighted by atomic mass is 10.2. The van der Waals surface area contributed by atoms with Gasteiger partial charge in [0.15, 0.2) is 0 Å². The van der Waals surface area contributed by atoms with Crippen LogP contribution in [0.15, 0.2) is 42.5 Å². The lowest BCUT2D eigenvalue weighted by Crippen LogP contribution is -2.19. The van der Waals surface area contributed by atoms with Gasteiger partial charge in [-0.25, -0.2) is 9.48 Å². The molecule has 0 saturated heterocycles. The van der Waals surface area contributed by atoms with Gasteiger partial charge in [-0.3, -0.25) is 10.1 Å². The van der Waals surface area contributed by atoms with Gasteiger partial charge in [0, 0.05) is 30.6 Å². The Morgan fingerprint density at radius 3 is 2.65 bits per heavy atom. The number of aromatic nitrogens is 3. The van der Waals surface area contributed by atoms with Crippen LogP contribution < -0.4 is 10.6 Å². The zero-order chi connectivity index (χ0) is 16.4. The van der Waals surface area contributed by atoms with Crippen LogP contribution in [0.25, 0.3) is 11.0 Å². The van der Waals surface area contributed by atoms with Gasteiger partial charge in [0.25, 0.3) is 5.69 Å². The van der Waals surface area contributed by atoms with Crippen LogP contribution in [-0.4, -0.2) is 25.9 Å². The lowest BCUT2D eigenvalue weighted by Gasteiger charge is -2.07. The molecule has 0 unspecified atom stereocenters. The Bertz CT molecular complexity index is 904. The summed E-state index contributed by atoms with van der Waals surface area (Å²) in [6.45, 7) is 0. The molecule has 0 radical (unpaired) electrons. The SMILES string of the molecule is Cn1nnc2ccc(NC(=O)Nc3cccc([N+](=O)[O-])c3)cc21. The van der Waals surface area contributed by atoms with Gasteiger partial charge >= 0.3 is 6.03 Å². The second-order valence-corrected chi connectivity index (χ2v) is 4.80. The van der Waals surface area contributed by atoms with Crippen molar-refractivity contribution in [1.82, 2.24) is 15.0 Å². The number of benzene rings is 2. The molecule has 0 aliphatic heterocycles. The first-order valence-corrected chi connectivity index (χ1v) is 6.65. The number of hydrogen-bond acceptors (Lipinski definition) is 5. The summed E-state index contributed by atoms with van der Waals surface area (Å²) >= 11 is 0. The summed E-state index contributed by atoms with van der Waals surface area (Å²) in [7, 11) is 1.75. The van der Waals surface area contributed by atoms with Crippen LogP contribution in [0, 0.1) is 10.1 Å². The van der Waals surface area contributed by atoms with E-state index in [2.05, 4.69) is 20.9 Å². The van der Waals surface area contributed by atoms with E-state index in [1.165, 1.54) is 18.2 Å². The van der Waals surface area contributed by atoms with E-state index in [4.69, 9.17) is 0 Å². The molecule has 0 fully saturated rings. The van der Waals surface area contributed by atoms with Crippen LogP contribution in [0.2, 0.25) is 0 Å². The third-order valence-electron chi connectivity index (χ3n) is 3.18. The van der Waals surface area contributed by atoms with Crippen LogP contribution in [0.4, 0.5) is 21.9 Å². The Morgan fingerprint density at radius 1 is 1.17 bits per heavy atom. The zero-order valence-corrected chi connectivity index (χ0v) is 12.1. The minimum absolute atomic E-state index is 0.0924. The average molecular weight is 312 g/mol. The normalized spacial score (nSPS) is 10.5. The molecule has 1 aromatic heterocycles. The number of rotatable bonds is 3. The molecule has 2 N–H and O–H groups in total. The standard InChI is InChI=1S/C14H12N6O3/c1-19-13-8-10(5-6-12(13)17-18-19)16-14(21)15-9-3-2-4-11(7-9)20(22)23/h2-8H,1H3,(H2,15,16,21). The molecule has 0 aliphatic rings. The molecule has 9 nitrogen and oxygen atoms in total. The van der Waals surface area contributed by atoms with E-state index in [9.17, 15) is 14.9 Å². The molecule has 9 heteroatoms. The van der Waals surface area contributed by atoms with E-state index in [-0.39, 0.29) is 5.69 Å². The topological polar surface area (TPSA) is 115 Å². The van der Waals surface area contributed by atoms with E-state index in [1.54, 1.807) is 36.0 Å². The van der Waals surface area contributed by atoms with Gasteiger partial charge in [0.1, 0.15) is 5.52 Å². The van der Waals surface area contributed by atoms with Crippen LogP contribution >= 0.6 is 0 Å². The second kappa shape index (κ2) is 5.72. The van der Waals surface area contributed by atoms with Crippen LogP contribution in [-0.2, 0) is 7.05 Å². The van der Waals surface area contributed by atoms with Crippen molar-refractivity contribution in [3.63, 3.8) is 0 Å². The number of hydrogen-bond donors (Lipinski definition) is 2. The van der Waals surface area contributed by atoms with Gasteiger partial charge in [-0.05, 0) is 24.3 Å². The minimum atomic E-state index is -0.521.